The van der Waals surface area contributed by atoms with Gasteiger partial charge in [0, 0.05) is 56.6 Å². The Labute approximate surface area is 195 Å². The molecular weight excluding hydrogens is 384 g/mol. The van der Waals surface area contributed by atoms with Crippen LogP contribution in [-0.2, 0) is 0 Å². The summed E-state index contributed by atoms with van der Waals surface area (Å²) in [6.45, 7) is 29.4. The minimum atomic E-state index is 0. The van der Waals surface area contributed by atoms with Crippen LogP contribution in [0.5, 0.6) is 0 Å². The molecule has 0 atom stereocenters. The third-order valence-electron chi connectivity index (χ3n) is 2.12. The van der Waals surface area contributed by atoms with Crippen molar-refractivity contribution in [2.45, 2.75) is 119 Å². The van der Waals surface area contributed by atoms with Gasteiger partial charge in [-0.25, -0.2) is 0 Å². The van der Waals surface area contributed by atoms with E-state index in [0.29, 0.717) is 0 Å². The number of hydrogen-bond donors (Lipinski definition) is 2. The van der Waals surface area contributed by atoms with Gasteiger partial charge in [-0.05, 0) is 96.9 Å². The second-order valence-electron chi connectivity index (χ2n) is 10.5. The molecular formula is C20H44N4Sr. The molecule has 25 heavy (non-hydrogen) atoms. The summed E-state index contributed by atoms with van der Waals surface area (Å²) < 4.78 is 0. The molecule has 0 aliphatic carbocycles. The largest absolute Gasteiger partial charge is 0.369 e. The van der Waals surface area contributed by atoms with E-state index in [0.717, 1.165) is 11.7 Å². The van der Waals surface area contributed by atoms with Crippen LogP contribution >= 0.6 is 0 Å². The first-order valence-electron chi connectivity index (χ1n) is 8.89. The summed E-state index contributed by atoms with van der Waals surface area (Å²) in [6, 6.07) is 0. The molecule has 0 heterocycles. The van der Waals surface area contributed by atoms with Crippen LogP contribution < -0.4 is 10.6 Å². The first kappa shape index (κ1) is 30.2. The van der Waals surface area contributed by atoms with Crippen molar-refractivity contribution in [2.75, 3.05) is 0 Å². The van der Waals surface area contributed by atoms with Crippen LogP contribution in [0, 0.1) is 0 Å². The predicted molar refractivity (Wildman–Crippen MR) is 117 cm³/mol. The van der Waals surface area contributed by atoms with Gasteiger partial charge in [0.25, 0.3) is 0 Å². The fourth-order valence-electron chi connectivity index (χ4n) is 2.15. The van der Waals surface area contributed by atoms with E-state index < -0.39 is 0 Å². The fourth-order valence-corrected chi connectivity index (χ4v) is 2.15. The van der Waals surface area contributed by atoms with Crippen LogP contribution in [0.15, 0.2) is 9.98 Å². The molecule has 0 aromatic heterocycles. The van der Waals surface area contributed by atoms with Gasteiger partial charge in [-0.2, -0.15) is 0 Å². The second-order valence-corrected chi connectivity index (χ2v) is 10.5. The third kappa shape index (κ3) is 29.4. The number of nitrogens with zero attached hydrogens (tertiary/aromatic N) is 2. The molecule has 4 nitrogen and oxygen atoms in total. The molecule has 0 saturated heterocycles. The zero-order chi connectivity index (χ0) is 20.0. The van der Waals surface area contributed by atoms with Gasteiger partial charge in [0.15, 0.2) is 0 Å². The van der Waals surface area contributed by atoms with Gasteiger partial charge >= 0.3 is 0 Å². The Hall–Kier alpha value is 0.421. The molecule has 0 fully saturated rings. The maximum atomic E-state index is 4.50. The van der Waals surface area contributed by atoms with E-state index in [2.05, 4.69) is 104 Å². The van der Waals surface area contributed by atoms with Gasteiger partial charge in [0.05, 0.1) is 22.7 Å². The Balaban J connectivity index is -0.000000372. The molecule has 0 aromatic rings. The number of amidine groups is 2. The fraction of sp³-hybridized carbons (Fsp3) is 0.900. The summed E-state index contributed by atoms with van der Waals surface area (Å²) in [5.74, 6) is 2.02. The van der Waals surface area contributed by atoms with Crippen molar-refractivity contribution in [3.05, 3.63) is 0 Å². The summed E-state index contributed by atoms with van der Waals surface area (Å²) in [4.78, 5) is 9.00. The molecule has 146 valence electrons. The summed E-state index contributed by atoms with van der Waals surface area (Å²) in [5.41, 5.74) is 0.252. The van der Waals surface area contributed by atoms with Crippen LogP contribution in [0.2, 0.25) is 0 Å². The molecule has 0 aromatic carbocycles. The minimum absolute atomic E-state index is 0. The molecule has 0 rings (SSSR count). The average Bonchev–Trinajstić information content (AvgIpc) is 2.02. The smallest absolute Gasteiger partial charge is 0.0942 e. The Morgan fingerprint density at radius 2 is 0.720 bits per heavy atom. The summed E-state index contributed by atoms with van der Waals surface area (Å²) >= 11 is 0. The molecule has 0 amide bonds. The second kappa shape index (κ2) is 11.3. The monoisotopic (exact) mass is 428 g/mol. The van der Waals surface area contributed by atoms with Crippen LogP contribution in [0.1, 0.15) is 96.9 Å². The minimum Gasteiger partial charge on any atom is -0.369 e. The first-order chi connectivity index (χ1) is 10.2. The molecule has 0 aliphatic rings. The molecule has 0 aliphatic heterocycles. The van der Waals surface area contributed by atoms with E-state index in [4.69, 9.17) is 0 Å². The Morgan fingerprint density at radius 1 is 0.520 bits per heavy atom. The molecule has 0 unspecified atom stereocenters. The number of rotatable bonds is 0. The van der Waals surface area contributed by atoms with Gasteiger partial charge in [-0.3, -0.25) is 9.98 Å². The van der Waals surface area contributed by atoms with Gasteiger partial charge in [0.2, 0.25) is 0 Å². The number of nitrogens with one attached hydrogen (secondary N) is 2. The maximum absolute atomic E-state index is 4.50. The van der Waals surface area contributed by atoms with E-state index in [-0.39, 0.29) is 67.6 Å². The van der Waals surface area contributed by atoms with E-state index in [1.54, 1.807) is 0 Å². The molecule has 0 spiro atoms. The molecule has 2 N–H and O–H groups in total. The van der Waals surface area contributed by atoms with E-state index in [9.17, 15) is 0 Å². The van der Waals surface area contributed by atoms with Crippen molar-refractivity contribution in [3.8, 4) is 0 Å². The topological polar surface area (TPSA) is 48.8 Å². The molecule has 2 radical (unpaired) electrons. The Morgan fingerprint density at radius 3 is 0.840 bits per heavy atom. The van der Waals surface area contributed by atoms with Crippen LogP contribution in [-0.4, -0.2) is 79.3 Å². The van der Waals surface area contributed by atoms with Gasteiger partial charge in [-0.15, -0.1) is 0 Å². The number of aliphatic imine (C=N–C) groups is 2. The Kier molecular flexibility index (Phi) is 13.6. The molecule has 5 heteroatoms. The SMILES string of the molecule is CC(=NC(C)(C)C)NC(C)(C)C.CC(=NC(C)(C)C)NC(C)(C)C.[Sr]. The van der Waals surface area contributed by atoms with Crippen molar-refractivity contribution in [2.24, 2.45) is 9.98 Å². The zero-order valence-electron chi connectivity index (χ0n) is 19.6. The van der Waals surface area contributed by atoms with Gasteiger partial charge in [0.1, 0.15) is 0 Å². The van der Waals surface area contributed by atoms with E-state index >= 15 is 0 Å². The van der Waals surface area contributed by atoms with Crippen molar-refractivity contribution >= 4 is 57.2 Å². The normalized spacial score (nSPS) is 14.2. The van der Waals surface area contributed by atoms with Crippen LogP contribution in [0.25, 0.3) is 0 Å². The van der Waals surface area contributed by atoms with Crippen LogP contribution in [0.4, 0.5) is 0 Å². The van der Waals surface area contributed by atoms with E-state index in [1.807, 2.05) is 13.8 Å². The molecule has 0 saturated carbocycles. The van der Waals surface area contributed by atoms with Gasteiger partial charge < -0.3 is 10.6 Å². The third-order valence-corrected chi connectivity index (χ3v) is 2.12. The predicted octanol–water partition coefficient (Wildman–Crippen LogP) is 4.80. The van der Waals surface area contributed by atoms with Crippen molar-refractivity contribution in [1.29, 1.82) is 0 Å². The van der Waals surface area contributed by atoms with Crippen LogP contribution in [0.3, 0.4) is 0 Å². The molecule has 0 bridgehead atoms. The zero-order valence-corrected chi connectivity index (χ0v) is 23.1. The Bertz CT molecular complexity index is 383. The average molecular weight is 428 g/mol. The summed E-state index contributed by atoms with van der Waals surface area (Å²) in [5, 5.41) is 6.65. The summed E-state index contributed by atoms with van der Waals surface area (Å²) in [7, 11) is 0. The quantitative estimate of drug-likeness (QED) is 0.331. The van der Waals surface area contributed by atoms with Crippen molar-refractivity contribution in [1.82, 2.24) is 10.6 Å². The van der Waals surface area contributed by atoms with Gasteiger partial charge in [-0.1, -0.05) is 0 Å². The standard InChI is InChI=1S/2C10H22N2.Sr/c2*1-8(11-9(2,3)4)12-10(5,6)7;/h2*1-7H3,(H,11,12);. The van der Waals surface area contributed by atoms with Crippen molar-refractivity contribution in [3.63, 3.8) is 0 Å². The first-order valence-corrected chi connectivity index (χ1v) is 8.89. The maximum Gasteiger partial charge on any atom is 0.0942 e. The summed E-state index contributed by atoms with van der Waals surface area (Å²) in [6.07, 6.45) is 0. The van der Waals surface area contributed by atoms with Crippen molar-refractivity contribution < 1.29 is 0 Å². The van der Waals surface area contributed by atoms with E-state index in [1.165, 1.54) is 0 Å². The number of hydrogen-bond acceptors (Lipinski definition) is 2.